The molecule has 1 atom stereocenters. The molecule has 1 aliphatic carbocycles. The van der Waals surface area contributed by atoms with E-state index in [1.807, 2.05) is 12.1 Å². The van der Waals surface area contributed by atoms with Crippen molar-refractivity contribution >= 4 is 23.3 Å². The van der Waals surface area contributed by atoms with Crippen molar-refractivity contribution in [1.29, 1.82) is 0 Å². The van der Waals surface area contributed by atoms with Crippen LogP contribution in [0.3, 0.4) is 0 Å². The summed E-state index contributed by atoms with van der Waals surface area (Å²) >= 11 is 1.56. The lowest BCUT2D eigenvalue weighted by molar-refractivity contribution is 0.0958. The highest BCUT2D eigenvalue weighted by molar-refractivity contribution is 7.98. The van der Waals surface area contributed by atoms with Crippen LogP contribution in [0.5, 0.6) is 0 Å². The molecule has 0 saturated heterocycles. The summed E-state index contributed by atoms with van der Waals surface area (Å²) in [4.78, 5) is 21.8. The average Bonchev–Trinajstić information content (AvgIpc) is 3.35. The highest BCUT2D eigenvalue weighted by Gasteiger charge is 2.30. The van der Waals surface area contributed by atoms with Crippen molar-refractivity contribution in [3.8, 4) is 0 Å². The van der Waals surface area contributed by atoms with Gasteiger partial charge in [0.25, 0.3) is 5.78 Å². The van der Waals surface area contributed by atoms with Crippen molar-refractivity contribution in [3.63, 3.8) is 0 Å². The SMILES string of the molecule is Cc1ccc(CSc2nc3nc4c(cn3n2)C(=O)C[C@H](c2ccco2)C4)cc1. The van der Waals surface area contributed by atoms with E-state index in [9.17, 15) is 4.79 Å². The van der Waals surface area contributed by atoms with E-state index in [1.54, 1.807) is 28.7 Å². The van der Waals surface area contributed by atoms with Gasteiger partial charge in [-0.1, -0.05) is 41.6 Å². The average molecular weight is 390 g/mol. The van der Waals surface area contributed by atoms with Gasteiger partial charge in [-0.15, -0.1) is 5.10 Å². The van der Waals surface area contributed by atoms with Gasteiger partial charge < -0.3 is 4.42 Å². The largest absolute Gasteiger partial charge is 0.469 e. The topological polar surface area (TPSA) is 73.3 Å². The van der Waals surface area contributed by atoms with Crippen LogP contribution in [0.25, 0.3) is 5.78 Å². The molecular weight excluding hydrogens is 372 g/mol. The first kappa shape index (κ1) is 17.2. The summed E-state index contributed by atoms with van der Waals surface area (Å²) in [6, 6.07) is 12.2. The Bertz CT molecular complexity index is 1150. The lowest BCUT2D eigenvalue weighted by Crippen LogP contribution is -2.21. The van der Waals surface area contributed by atoms with Crippen molar-refractivity contribution in [1.82, 2.24) is 19.6 Å². The third-order valence-electron chi connectivity index (χ3n) is 5.00. The molecule has 28 heavy (non-hydrogen) atoms. The van der Waals surface area contributed by atoms with Gasteiger partial charge in [0.05, 0.1) is 17.5 Å². The molecule has 1 aromatic carbocycles. The highest BCUT2D eigenvalue weighted by atomic mass is 32.2. The Kier molecular flexibility index (Phi) is 4.24. The van der Waals surface area contributed by atoms with E-state index in [1.165, 1.54) is 11.1 Å². The number of hydrogen-bond acceptors (Lipinski definition) is 6. The molecule has 3 heterocycles. The maximum atomic E-state index is 12.6. The van der Waals surface area contributed by atoms with E-state index < -0.39 is 0 Å². The molecule has 0 N–H and O–H groups in total. The van der Waals surface area contributed by atoms with Crippen molar-refractivity contribution in [2.24, 2.45) is 0 Å². The van der Waals surface area contributed by atoms with E-state index in [2.05, 4.69) is 46.3 Å². The molecule has 0 fully saturated rings. The number of rotatable bonds is 4. The van der Waals surface area contributed by atoms with E-state index in [-0.39, 0.29) is 11.7 Å². The number of aryl methyl sites for hydroxylation is 1. The van der Waals surface area contributed by atoms with Crippen LogP contribution in [-0.2, 0) is 12.2 Å². The molecule has 0 aliphatic heterocycles. The van der Waals surface area contributed by atoms with Crippen LogP contribution in [-0.4, -0.2) is 25.4 Å². The van der Waals surface area contributed by atoms with Crippen LogP contribution < -0.4 is 0 Å². The number of ketones is 1. The van der Waals surface area contributed by atoms with Crippen LogP contribution in [0, 0.1) is 6.92 Å². The molecule has 3 aromatic heterocycles. The molecule has 4 aromatic rings. The van der Waals surface area contributed by atoms with Crippen molar-refractivity contribution in [3.05, 3.63) is 77.0 Å². The van der Waals surface area contributed by atoms with Crippen molar-refractivity contribution in [2.75, 3.05) is 0 Å². The molecule has 7 heteroatoms. The maximum Gasteiger partial charge on any atom is 0.253 e. The van der Waals surface area contributed by atoms with Gasteiger partial charge in [-0.05, 0) is 24.6 Å². The van der Waals surface area contributed by atoms with E-state index in [0.29, 0.717) is 29.3 Å². The van der Waals surface area contributed by atoms with Crippen molar-refractivity contribution < 1.29 is 9.21 Å². The number of hydrogen-bond donors (Lipinski definition) is 0. The maximum absolute atomic E-state index is 12.6. The summed E-state index contributed by atoms with van der Waals surface area (Å²) in [5.41, 5.74) is 3.87. The summed E-state index contributed by atoms with van der Waals surface area (Å²) in [5, 5.41) is 5.15. The Hall–Kier alpha value is -2.93. The second-order valence-electron chi connectivity index (χ2n) is 7.06. The summed E-state index contributed by atoms with van der Waals surface area (Å²) in [5.74, 6) is 2.25. The van der Waals surface area contributed by atoms with E-state index >= 15 is 0 Å². The molecule has 0 bridgehead atoms. The zero-order chi connectivity index (χ0) is 19.1. The van der Waals surface area contributed by atoms with Gasteiger partial charge in [-0.25, -0.2) is 9.50 Å². The van der Waals surface area contributed by atoms with Crippen LogP contribution in [0.1, 0.15) is 45.3 Å². The molecule has 5 rings (SSSR count). The highest BCUT2D eigenvalue weighted by Crippen LogP contribution is 2.32. The third kappa shape index (κ3) is 3.22. The minimum atomic E-state index is 0.0308. The number of fused-ring (bicyclic) bond motifs is 2. The van der Waals surface area contributed by atoms with Crippen LogP contribution in [0.4, 0.5) is 0 Å². The van der Waals surface area contributed by atoms with Gasteiger partial charge in [0, 0.05) is 30.7 Å². The van der Waals surface area contributed by atoms with Gasteiger partial charge in [-0.2, -0.15) is 4.98 Å². The molecular formula is C21H18N4O2S. The standard InChI is InChI=1S/C21H18N4O2S/c1-13-4-6-14(7-5-13)12-28-21-23-20-22-17-9-15(19-3-2-8-27-19)10-18(26)16(17)11-25(20)24-21/h2-8,11,15H,9-10,12H2,1H3/t15-/m1/s1. The fourth-order valence-corrected chi connectivity index (χ4v) is 4.26. The second kappa shape index (κ2) is 6.91. The molecule has 0 unspecified atom stereocenters. The monoisotopic (exact) mass is 390 g/mol. The summed E-state index contributed by atoms with van der Waals surface area (Å²) in [6.45, 7) is 2.08. The lowest BCUT2D eigenvalue weighted by Gasteiger charge is -2.20. The van der Waals surface area contributed by atoms with Crippen LogP contribution in [0.15, 0.2) is 58.4 Å². The number of carbonyl (C=O) groups is 1. The third-order valence-corrected chi connectivity index (χ3v) is 5.91. The quantitative estimate of drug-likeness (QED) is 0.486. The molecule has 0 radical (unpaired) electrons. The minimum absolute atomic E-state index is 0.0308. The normalized spacial score (nSPS) is 16.5. The summed E-state index contributed by atoms with van der Waals surface area (Å²) in [7, 11) is 0. The molecule has 0 saturated carbocycles. The molecule has 6 nitrogen and oxygen atoms in total. The van der Waals surface area contributed by atoms with Gasteiger partial charge in [-0.3, -0.25) is 4.79 Å². The fraction of sp³-hybridized carbons (Fsp3) is 0.238. The number of Topliss-reactive ketones (excluding diaryl/α,β-unsaturated/α-hetero) is 1. The second-order valence-corrected chi connectivity index (χ2v) is 8.00. The number of nitrogens with zero attached hydrogens (tertiary/aromatic N) is 4. The van der Waals surface area contributed by atoms with Crippen LogP contribution >= 0.6 is 11.8 Å². The van der Waals surface area contributed by atoms with Crippen molar-refractivity contribution in [2.45, 2.75) is 36.6 Å². The number of benzene rings is 1. The Balaban J connectivity index is 1.40. The summed E-state index contributed by atoms with van der Waals surface area (Å²) < 4.78 is 7.11. The van der Waals surface area contributed by atoms with Gasteiger partial charge in [0.1, 0.15) is 5.76 Å². The van der Waals surface area contributed by atoms with Gasteiger partial charge in [0.2, 0.25) is 5.16 Å². The number of carbonyl (C=O) groups excluding carboxylic acids is 1. The first-order valence-corrected chi connectivity index (χ1v) is 10.2. The zero-order valence-corrected chi connectivity index (χ0v) is 16.1. The minimum Gasteiger partial charge on any atom is -0.469 e. The molecule has 140 valence electrons. The number of thioether (sulfide) groups is 1. The predicted octanol–water partition coefficient (Wildman–Crippen LogP) is 4.23. The van der Waals surface area contributed by atoms with Gasteiger partial charge >= 0.3 is 0 Å². The van der Waals surface area contributed by atoms with E-state index in [0.717, 1.165) is 17.2 Å². The Labute approximate surface area is 166 Å². The zero-order valence-electron chi connectivity index (χ0n) is 15.3. The molecule has 0 amide bonds. The summed E-state index contributed by atoms with van der Waals surface area (Å²) in [6.07, 6.45) is 4.50. The lowest BCUT2D eigenvalue weighted by atomic mass is 9.85. The fourth-order valence-electron chi connectivity index (χ4n) is 3.48. The van der Waals surface area contributed by atoms with Crippen LogP contribution in [0.2, 0.25) is 0 Å². The smallest absolute Gasteiger partial charge is 0.253 e. The predicted molar refractivity (Wildman–Crippen MR) is 106 cm³/mol. The first-order chi connectivity index (χ1) is 13.7. The Morgan fingerprint density at radius 1 is 1.18 bits per heavy atom. The Morgan fingerprint density at radius 3 is 2.82 bits per heavy atom. The molecule has 1 aliphatic rings. The number of furan rings is 1. The van der Waals surface area contributed by atoms with Gasteiger partial charge in [0.15, 0.2) is 5.78 Å². The number of aromatic nitrogens is 4. The molecule has 0 spiro atoms. The Morgan fingerprint density at radius 2 is 2.04 bits per heavy atom. The first-order valence-electron chi connectivity index (χ1n) is 9.17. The van der Waals surface area contributed by atoms with E-state index in [4.69, 9.17) is 4.42 Å².